The van der Waals surface area contributed by atoms with Gasteiger partial charge in [0.2, 0.25) is 5.91 Å². The van der Waals surface area contributed by atoms with Crippen molar-refractivity contribution in [3.8, 4) is 0 Å². The topological polar surface area (TPSA) is 179 Å². The number of carbonyl (C=O) groups is 4. The lowest BCUT2D eigenvalue weighted by Crippen LogP contribution is -2.43. The average Bonchev–Trinajstić information content (AvgIpc) is 3.58. The fourth-order valence-electron chi connectivity index (χ4n) is 7.10. The van der Waals surface area contributed by atoms with Crippen molar-refractivity contribution in [2.45, 2.75) is 148 Å². The van der Waals surface area contributed by atoms with Gasteiger partial charge in [-0.05, 0) is 87.6 Å². The van der Waals surface area contributed by atoms with Gasteiger partial charge in [-0.2, -0.15) is 0 Å². The zero-order valence-corrected chi connectivity index (χ0v) is 35.3. The second kappa shape index (κ2) is 23.3. The lowest BCUT2D eigenvalue weighted by atomic mass is 9.91. The molecule has 1 heterocycles. The standard InChI is InChI=1S/C46H64N2O11/c1-6-8-10-21-46(22-11-9-7-2)57-39-29-36(28-38(41(39)59-46)56-44(54)35-17-12-14-32(26-35)20-24-55-25-23-49)42(52)47-30-33-15-13-16-34(27-33)43(53)48-37(31-50)18-19-40(51)58-45(3,4)5/h12-17,20,24,26-27,29,37-39,41,49-50H,6-11,18-19,21-23,25,28,30-31H2,1-5H3,(H,47,52)(H,48,53)/t37-,38+,39+,41-/m0/s1. The molecule has 1 saturated heterocycles. The molecule has 59 heavy (non-hydrogen) atoms. The first-order valence-corrected chi connectivity index (χ1v) is 21.1. The number of esters is 2. The molecule has 1 fully saturated rings. The molecule has 0 bridgehead atoms. The van der Waals surface area contributed by atoms with E-state index in [1.165, 1.54) is 6.26 Å². The maximum Gasteiger partial charge on any atom is 0.338 e. The molecule has 0 aromatic heterocycles. The summed E-state index contributed by atoms with van der Waals surface area (Å²) in [7, 11) is 0. The number of unbranched alkanes of at least 4 members (excludes halogenated alkanes) is 4. The SMILES string of the molecule is CCCCCC1(CCCCC)O[C@@H]2[C@@H](C=C(C(=O)NCc3cccc(C(=O)N[C@H](CO)CCC(=O)OC(C)(C)C)c3)C[C@H]2OC(=O)c2cccc(C=COCCO)c2)O1. The molecule has 1 aliphatic carbocycles. The summed E-state index contributed by atoms with van der Waals surface area (Å²) in [5.41, 5.74) is 1.78. The summed E-state index contributed by atoms with van der Waals surface area (Å²) in [6.07, 6.45) is 10.6. The zero-order chi connectivity index (χ0) is 42.8. The van der Waals surface area contributed by atoms with E-state index in [0.717, 1.165) is 38.5 Å². The predicted molar refractivity (Wildman–Crippen MR) is 223 cm³/mol. The first-order valence-electron chi connectivity index (χ1n) is 21.1. The van der Waals surface area contributed by atoms with Crippen LogP contribution >= 0.6 is 0 Å². The van der Waals surface area contributed by atoms with Crippen LogP contribution in [0.15, 0.2) is 66.4 Å². The maximum atomic E-state index is 13.9. The van der Waals surface area contributed by atoms with E-state index in [2.05, 4.69) is 24.5 Å². The van der Waals surface area contributed by atoms with E-state index in [1.54, 1.807) is 75.4 Å². The molecule has 4 atom stereocenters. The van der Waals surface area contributed by atoms with E-state index in [0.29, 0.717) is 40.7 Å². The number of ether oxygens (including phenoxy) is 5. The Morgan fingerprint density at radius 1 is 0.932 bits per heavy atom. The van der Waals surface area contributed by atoms with Crippen LogP contribution in [-0.2, 0) is 39.8 Å². The van der Waals surface area contributed by atoms with Gasteiger partial charge in [-0.3, -0.25) is 14.4 Å². The molecule has 2 amide bonds. The van der Waals surface area contributed by atoms with E-state index in [-0.39, 0.29) is 51.5 Å². The Morgan fingerprint density at radius 2 is 1.64 bits per heavy atom. The second-order valence-electron chi connectivity index (χ2n) is 16.2. The third-order valence-corrected chi connectivity index (χ3v) is 10.1. The van der Waals surface area contributed by atoms with Gasteiger partial charge in [0, 0.05) is 43.4 Å². The van der Waals surface area contributed by atoms with Crippen LogP contribution in [0.3, 0.4) is 0 Å². The molecule has 4 N–H and O–H groups in total. The van der Waals surface area contributed by atoms with Gasteiger partial charge in [0.05, 0.1) is 31.1 Å². The van der Waals surface area contributed by atoms with Gasteiger partial charge in [0.15, 0.2) is 5.79 Å². The molecule has 0 unspecified atom stereocenters. The number of rotatable bonds is 23. The average molecular weight is 821 g/mol. The summed E-state index contributed by atoms with van der Waals surface area (Å²) in [5.74, 6) is -2.64. The number of aliphatic hydroxyl groups excluding tert-OH is 2. The number of nitrogens with one attached hydrogen (secondary N) is 2. The summed E-state index contributed by atoms with van der Waals surface area (Å²) < 4.78 is 30.2. The number of fused-ring (bicyclic) bond motifs is 1. The van der Waals surface area contributed by atoms with Crippen LogP contribution in [0.4, 0.5) is 0 Å². The first-order chi connectivity index (χ1) is 28.3. The summed E-state index contributed by atoms with van der Waals surface area (Å²) in [6.45, 7) is 9.41. The van der Waals surface area contributed by atoms with Gasteiger partial charge in [-0.15, -0.1) is 0 Å². The fraction of sp³-hybridized carbons (Fsp3) is 0.565. The normalized spacial score (nSPS) is 19.0. The van der Waals surface area contributed by atoms with Gasteiger partial charge in [0.1, 0.15) is 30.5 Å². The maximum absolute atomic E-state index is 13.9. The van der Waals surface area contributed by atoms with Crippen molar-refractivity contribution in [2.75, 3.05) is 19.8 Å². The predicted octanol–water partition coefficient (Wildman–Crippen LogP) is 6.69. The van der Waals surface area contributed by atoms with E-state index in [4.69, 9.17) is 28.8 Å². The van der Waals surface area contributed by atoms with Crippen LogP contribution in [0.1, 0.15) is 137 Å². The Bertz CT molecular complexity index is 1740. The van der Waals surface area contributed by atoms with Crippen molar-refractivity contribution in [3.63, 3.8) is 0 Å². The van der Waals surface area contributed by atoms with Crippen molar-refractivity contribution >= 4 is 29.8 Å². The highest BCUT2D eigenvalue weighted by molar-refractivity contribution is 5.95. The highest BCUT2D eigenvalue weighted by atomic mass is 16.8. The second-order valence-corrected chi connectivity index (χ2v) is 16.2. The number of carbonyl (C=O) groups excluding carboxylic acids is 4. The number of hydrogen-bond acceptors (Lipinski definition) is 11. The Labute approximate surface area is 348 Å². The lowest BCUT2D eigenvalue weighted by molar-refractivity contribution is -0.190. The minimum absolute atomic E-state index is 0.0373. The zero-order valence-electron chi connectivity index (χ0n) is 35.3. The molecule has 324 valence electrons. The fourth-order valence-corrected chi connectivity index (χ4v) is 7.10. The molecule has 13 nitrogen and oxygen atoms in total. The number of hydrogen-bond donors (Lipinski definition) is 4. The van der Waals surface area contributed by atoms with Gasteiger partial charge in [-0.1, -0.05) is 63.8 Å². The molecular weight excluding hydrogens is 757 g/mol. The lowest BCUT2D eigenvalue weighted by Gasteiger charge is -2.31. The summed E-state index contributed by atoms with van der Waals surface area (Å²) in [4.78, 5) is 52.9. The largest absolute Gasteiger partial charge is 0.499 e. The smallest absolute Gasteiger partial charge is 0.338 e. The minimum Gasteiger partial charge on any atom is -0.499 e. The Morgan fingerprint density at radius 3 is 2.32 bits per heavy atom. The van der Waals surface area contributed by atoms with Crippen molar-refractivity contribution < 1.29 is 53.1 Å². The third-order valence-electron chi connectivity index (χ3n) is 10.1. The molecule has 2 aliphatic rings. The monoisotopic (exact) mass is 820 g/mol. The van der Waals surface area contributed by atoms with Crippen molar-refractivity contribution in [1.82, 2.24) is 10.6 Å². The summed E-state index contributed by atoms with van der Waals surface area (Å²) in [6, 6.07) is 13.0. The number of aliphatic hydroxyl groups is 2. The number of amides is 2. The Hall–Kier alpha value is -4.56. The van der Waals surface area contributed by atoms with E-state index in [9.17, 15) is 24.3 Å². The van der Waals surface area contributed by atoms with Crippen LogP contribution in [0.2, 0.25) is 0 Å². The van der Waals surface area contributed by atoms with Gasteiger partial charge < -0.3 is 44.5 Å². The molecule has 0 saturated carbocycles. The molecule has 2 aromatic rings. The molecule has 0 radical (unpaired) electrons. The van der Waals surface area contributed by atoms with Gasteiger partial charge >= 0.3 is 11.9 Å². The molecule has 4 rings (SSSR count). The molecule has 0 spiro atoms. The highest BCUT2D eigenvalue weighted by Crippen LogP contribution is 2.43. The van der Waals surface area contributed by atoms with Crippen molar-refractivity contribution in [1.29, 1.82) is 0 Å². The van der Waals surface area contributed by atoms with E-state index < -0.39 is 53.6 Å². The number of benzene rings is 2. The van der Waals surface area contributed by atoms with Crippen LogP contribution in [-0.4, -0.2) is 89.5 Å². The first kappa shape index (κ1) is 47.1. The Balaban J connectivity index is 1.48. The quantitative estimate of drug-likeness (QED) is 0.0533. The van der Waals surface area contributed by atoms with Crippen molar-refractivity contribution in [3.05, 3.63) is 88.7 Å². The summed E-state index contributed by atoms with van der Waals surface area (Å²) >= 11 is 0. The van der Waals surface area contributed by atoms with E-state index in [1.807, 2.05) is 6.07 Å². The molecular formula is C46H64N2O11. The molecule has 2 aromatic carbocycles. The summed E-state index contributed by atoms with van der Waals surface area (Å²) in [5, 5.41) is 24.6. The van der Waals surface area contributed by atoms with Crippen LogP contribution in [0.25, 0.3) is 6.08 Å². The van der Waals surface area contributed by atoms with E-state index >= 15 is 0 Å². The van der Waals surface area contributed by atoms with Gasteiger partial charge in [-0.25, -0.2) is 4.79 Å². The minimum atomic E-state index is -0.863. The van der Waals surface area contributed by atoms with Gasteiger partial charge in [0.25, 0.3) is 5.91 Å². The highest BCUT2D eigenvalue weighted by Gasteiger charge is 2.52. The van der Waals surface area contributed by atoms with Crippen LogP contribution < -0.4 is 10.6 Å². The molecule has 1 aliphatic heterocycles. The van der Waals surface area contributed by atoms with Crippen LogP contribution in [0, 0.1) is 0 Å². The third kappa shape index (κ3) is 15.2. The van der Waals surface area contributed by atoms with Crippen LogP contribution in [0.5, 0.6) is 0 Å². The molecule has 13 heteroatoms. The van der Waals surface area contributed by atoms with Crippen molar-refractivity contribution in [2.24, 2.45) is 0 Å². The Kier molecular flexibility index (Phi) is 18.6.